The van der Waals surface area contributed by atoms with Crippen LogP contribution in [0.25, 0.3) is 0 Å². The second-order valence-electron chi connectivity index (χ2n) is 3.29. The molecule has 15 heavy (non-hydrogen) atoms. The number of amides is 1. The quantitative estimate of drug-likeness (QED) is 0.661. The maximum absolute atomic E-state index is 12.9. The molecule has 1 aromatic rings. The molecule has 1 rings (SSSR count). The molecule has 0 spiro atoms. The van der Waals surface area contributed by atoms with Crippen LogP contribution in [0.5, 0.6) is 0 Å². The van der Waals surface area contributed by atoms with Gasteiger partial charge in [-0.2, -0.15) is 0 Å². The van der Waals surface area contributed by atoms with Gasteiger partial charge in [0.05, 0.1) is 0 Å². The minimum Gasteiger partial charge on any atom is -0.385 e. The molecule has 0 fully saturated rings. The van der Waals surface area contributed by atoms with E-state index in [-0.39, 0.29) is 5.56 Å². The predicted molar refractivity (Wildman–Crippen MR) is 51.3 cm³/mol. The van der Waals surface area contributed by atoms with E-state index in [9.17, 15) is 19.4 Å². The maximum Gasteiger partial charge on any atom is 0.249 e. The number of aryl methyl sites for hydroxylation is 1. The molecule has 0 aromatic heterocycles. The van der Waals surface area contributed by atoms with Crippen molar-refractivity contribution in [3.63, 3.8) is 0 Å². The van der Waals surface area contributed by atoms with Gasteiger partial charge in [-0.05, 0) is 30.2 Å². The van der Waals surface area contributed by atoms with E-state index < -0.39 is 23.9 Å². The first kappa shape index (κ1) is 11.6. The van der Waals surface area contributed by atoms with Gasteiger partial charge in [-0.1, -0.05) is 6.07 Å². The Balaban J connectivity index is 3.04. The Hall–Kier alpha value is -1.46. The van der Waals surface area contributed by atoms with Crippen molar-refractivity contribution < 1.29 is 19.4 Å². The Kier molecular flexibility index (Phi) is 3.39. The minimum atomic E-state index is -1.73. The molecule has 0 radical (unpaired) electrons. The summed E-state index contributed by atoms with van der Waals surface area (Å²) < 4.78 is 12.9. The number of benzene rings is 1. The first-order chi connectivity index (χ1) is 6.93. The molecule has 0 aliphatic heterocycles. The van der Waals surface area contributed by atoms with E-state index in [1.54, 1.807) is 6.92 Å². The molecule has 2 unspecified atom stereocenters. The van der Waals surface area contributed by atoms with Gasteiger partial charge in [-0.3, -0.25) is 4.79 Å². The second kappa shape index (κ2) is 4.37. The smallest absolute Gasteiger partial charge is 0.249 e. The summed E-state index contributed by atoms with van der Waals surface area (Å²) in [6.45, 7) is 1.63. The van der Waals surface area contributed by atoms with Crippen molar-refractivity contribution in [2.45, 2.75) is 19.1 Å². The number of hydrogen-bond donors (Lipinski definition) is 3. The number of carbonyl (C=O) groups excluding carboxylic acids is 1. The molecule has 0 aliphatic carbocycles. The Morgan fingerprint density at radius 2 is 2.07 bits per heavy atom. The molecule has 82 valence electrons. The van der Waals surface area contributed by atoms with Crippen LogP contribution in [0.2, 0.25) is 0 Å². The van der Waals surface area contributed by atoms with Crippen molar-refractivity contribution in [2.24, 2.45) is 5.73 Å². The fraction of sp³-hybridized carbons (Fsp3) is 0.300. The average Bonchev–Trinajstić information content (AvgIpc) is 2.19. The van der Waals surface area contributed by atoms with Crippen LogP contribution in [0.1, 0.15) is 17.2 Å². The van der Waals surface area contributed by atoms with Crippen LogP contribution in [0, 0.1) is 12.7 Å². The number of rotatable bonds is 3. The number of hydrogen-bond acceptors (Lipinski definition) is 3. The fourth-order valence-corrected chi connectivity index (χ4v) is 1.26. The molecule has 4 nitrogen and oxygen atoms in total. The summed E-state index contributed by atoms with van der Waals surface area (Å²) in [7, 11) is 0. The van der Waals surface area contributed by atoms with E-state index in [0.29, 0.717) is 5.56 Å². The van der Waals surface area contributed by atoms with Gasteiger partial charge in [0.1, 0.15) is 11.9 Å². The zero-order valence-corrected chi connectivity index (χ0v) is 8.14. The van der Waals surface area contributed by atoms with Gasteiger partial charge in [0.2, 0.25) is 5.91 Å². The highest BCUT2D eigenvalue weighted by Gasteiger charge is 2.24. The number of halogens is 1. The molecule has 5 heteroatoms. The Bertz CT molecular complexity index is 381. The van der Waals surface area contributed by atoms with Gasteiger partial charge in [-0.25, -0.2) is 4.39 Å². The molecular weight excluding hydrogens is 201 g/mol. The monoisotopic (exact) mass is 213 g/mol. The van der Waals surface area contributed by atoms with E-state index in [1.807, 2.05) is 0 Å². The van der Waals surface area contributed by atoms with Gasteiger partial charge in [0.25, 0.3) is 0 Å². The van der Waals surface area contributed by atoms with E-state index in [1.165, 1.54) is 12.1 Å². The number of aliphatic hydroxyl groups is 2. The van der Waals surface area contributed by atoms with Crippen LogP contribution in [0.4, 0.5) is 4.39 Å². The lowest BCUT2D eigenvalue weighted by Gasteiger charge is -2.17. The second-order valence-corrected chi connectivity index (χ2v) is 3.29. The summed E-state index contributed by atoms with van der Waals surface area (Å²) >= 11 is 0. The van der Waals surface area contributed by atoms with Crippen molar-refractivity contribution >= 4 is 5.91 Å². The van der Waals surface area contributed by atoms with Crippen molar-refractivity contribution in [3.8, 4) is 0 Å². The summed E-state index contributed by atoms with van der Waals surface area (Å²) in [5, 5.41) is 18.8. The molecule has 0 aliphatic rings. The van der Waals surface area contributed by atoms with Crippen LogP contribution in [-0.2, 0) is 4.79 Å². The van der Waals surface area contributed by atoms with Gasteiger partial charge >= 0.3 is 0 Å². The van der Waals surface area contributed by atoms with E-state index in [2.05, 4.69) is 0 Å². The fourth-order valence-electron chi connectivity index (χ4n) is 1.26. The highest BCUT2D eigenvalue weighted by molar-refractivity contribution is 5.79. The van der Waals surface area contributed by atoms with Gasteiger partial charge in [-0.15, -0.1) is 0 Å². The molecule has 1 aromatic carbocycles. The van der Waals surface area contributed by atoms with Crippen molar-refractivity contribution in [1.29, 1.82) is 0 Å². The summed E-state index contributed by atoms with van der Waals surface area (Å²) in [5.41, 5.74) is 5.55. The molecule has 4 N–H and O–H groups in total. The maximum atomic E-state index is 12.9. The molecule has 0 saturated heterocycles. The molecule has 0 heterocycles. The molecular formula is C10H12FNO3. The van der Waals surface area contributed by atoms with Gasteiger partial charge in [0, 0.05) is 0 Å². The lowest BCUT2D eigenvalue weighted by atomic mass is 9.99. The topological polar surface area (TPSA) is 83.6 Å². The summed E-state index contributed by atoms with van der Waals surface area (Å²) in [6.07, 6.45) is -3.23. The number of nitrogens with two attached hydrogens (primary N) is 1. The Morgan fingerprint density at radius 1 is 1.47 bits per heavy atom. The normalized spacial score (nSPS) is 14.7. The first-order valence-electron chi connectivity index (χ1n) is 4.35. The molecule has 1 amide bonds. The van der Waals surface area contributed by atoms with E-state index in [4.69, 9.17) is 5.73 Å². The van der Waals surface area contributed by atoms with Crippen LogP contribution in [0.15, 0.2) is 18.2 Å². The lowest BCUT2D eigenvalue weighted by Crippen LogP contribution is -2.34. The summed E-state index contributed by atoms with van der Waals surface area (Å²) in [5.74, 6) is -1.60. The molecule has 0 saturated carbocycles. The van der Waals surface area contributed by atoms with Crippen molar-refractivity contribution in [1.82, 2.24) is 0 Å². The number of aliphatic hydroxyl groups excluding tert-OH is 2. The van der Waals surface area contributed by atoms with Crippen LogP contribution < -0.4 is 5.73 Å². The van der Waals surface area contributed by atoms with Crippen LogP contribution in [0.3, 0.4) is 0 Å². The summed E-state index contributed by atoms with van der Waals surface area (Å²) in [4.78, 5) is 10.6. The number of primary amides is 1. The van der Waals surface area contributed by atoms with Crippen LogP contribution in [-0.4, -0.2) is 22.2 Å². The van der Waals surface area contributed by atoms with Gasteiger partial charge < -0.3 is 15.9 Å². The number of carbonyl (C=O) groups is 1. The molecule has 0 bridgehead atoms. The van der Waals surface area contributed by atoms with Crippen molar-refractivity contribution in [2.75, 3.05) is 0 Å². The third kappa shape index (κ3) is 2.51. The third-order valence-corrected chi connectivity index (χ3v) is 2.15. The Morgan fingerprint density at radius 3 is 2.60 bits per heavy atom. The van der Waals surface area contributed by atoms with E-state index in [0.717, 1.165) is 6.07 Å². The zero-order valence-electron chi connectivity index (χ0n) is 8.14. The summed E-state index contributed by atoms with van der Waals surface area (Å²) in [6, 6.07) is 3.73. The highest BCUT2D eigenvalue weighted by atomic mass is 19.1. The zero-order chi connectivity index (χ0) is 11.6. The van der Waals surface area contributed by atoms with Crippen molar-refractivity contribution in [3.05, 3.63) is 35.1 Å². The SMILES string of the molecule is Cc1ccc(F)cc1C(O)C(O)C(N)=O. The lowest BCUT2D eigenvalue weighted by molar-refractivity contribution is -0.132. The third-order valence-electron chi connectivity index (χ3n) is 2.15. The largest absolute Gasteiger partial charge is 0.385 e. The molecule has 2 atom stereocenters. The highest BCUT2D eigenvalue weighted by Crippen LogP contribution is 2.21. The van der Waals surface area contributed by atoms with E-state index >= 15 is 0 Å². The van der Waals surface area contributed by atoms with Gasteiger partial charge in [0.15, 0.2) is 6.10 Å². The first-order valence-corrected chi connectivity index (χ1v) is 4.35. The van der Waals surface area contributed by atoms with Crippen LogP contribution >= 0.6 is 0 Å². The Labute approximate surface area is 86.1 Å². The predicted octanol–water partition coefficient (Wildman–Crippen LogP) is 0.0137. The average molecular weight is 213 g/mol. The minimum absolute atomic E-state index is 0.154. The standard InChI is InChI=1S/C10H12FNO3/c1-5-2-3-6(11)4-7(5)8(13)9(14)10(12)15/h2-4,8-9,13-14H,1H3,(H2,12,15).